The second-order valence-electron chi connectivity index (χ2n) is 5.27. The van der Waals surface area contributed by atoms with E-state index in [2.05, 4.69) is 15.5 Å². The van der Waals surface area contributed by atoms with E-state index in [0.29, 0.717) is 17.0 Å². The van der Waals surface area contributed by atoms with Gasteiger partial charge < -0.3 is 14.8 Å². The molecule has 0 aliphatic carbocycles. The van der Waals surface area contributed by atoms with Gasteiger partial charge in [0.2, 0.25) is 0 Å². The van der Waals surface area contributed by atoms with E-state index in [1.165, 1.54) is 13.2 Å². The molecule has 3 N–H and O–H groups in total. The number of carbonyl (C=O) groups is 1. The van der Waals surface area contributed by atoms with E-state index in [1.54, 1.807) is 25.3 Å². The molecule has 1 aromatic heterocycles. The molecule has 1 heterocycles. The van der Waals surface area contributed by atoms with Crippen LogP contribution in [0.25, 0.3) is 10.9 Å². The number of carbonyl (C=O) groups excluding carboxylic acids is 1. The molecule has 0 aliphatic rings. The summed E-state index contributed by atoms with van der Waals surface area (Å²) in [5.74, 6) is 0.111. The second kappa shape index (κ2) is 6.45. The maximum atomic E-state index is 12.3. The highest BCUT2D eigenvalue weighted by Gasteiger charge is 2.11. The average molecular weight is 323 g/mol. The molecule has 3 aromatic rings. The first kappa shape index (κ1) is 15.6. The number of hydrogen-bond donors (Lipinski definition) is 3. The summed E-state index contributed by atoms with van der Waals surface area (Å²) in [6.45, 7) is 1.77. The van der Waals surface area contributed by atoms with E-state index in [0.717, 1.165) is 16.5 Å². The largest absolute Gasteiger partial charge is 0.504 e. The van der Waals surface area contributed by atoms with Gasteiger partial charge in [0.25, 0.3) is 5.91 Å². The lowest BCUT2D eigenvalue weighted by molar-refractivity contribution is 0.0956. The predicted octanol–water partition coefficient (Wildman–Crippen LogP) is 3.04. The monoisotopic (exact) mass is 323 g/mol. The van der Waals surface area contributed by atoms with Gasteiger partial charge >= 0.3 is 0 Å². The zero-order chi connectivity index (χ0) is 17.1. The summed E-state index contributed by atoms with van der Waals surface area (Å²) in [7, 11) is 1.48. The minimum absolute atomic E-state index is 0.0527. The van der Waals surface area contributed by atoms with Gasteiger partial charge in [0, 0.05) is 22.7 Å². The molecule has 0 radical (unpaired) electrons. The molecular weight excluding hydrogens is 306 g/mol. The van der Waals surface area contributed by atoms with Crippen LogP contribution in [0.3, 0.4) is 0 Å². The number of ether oxygens (including phenoxy) is 1. The molecule has 0 saturated carbocycles. The Hall–Kier alpha value is -3.28. The van der Waals surface area contributed by atoms with Crippen LogP contribution in [-0.2, 0) is 0 Å². The molecule has 0 atom stereocenters. The van der Waals surface area contributed by atoms with Crippen LogP contribution >= 0.6 is 0 Å². The highest BCUT2D eigenvalue weighted by Crippen LogP contribution is 2.26. The van der Waals surface area contributed by atoms with Crippen molar-refractivity contribution in [3.8, 4) is 11.5 Å². The lowest BCUT2D eigenvalue weighted by Gasteiger charge is -2.06. The topological polar surface area (TPSA) is 86.7 Å². The van der Waals surface area contributed by atoms with Crippen LogP contribution < -0.4 is 10.2 Å². The number of aromatic nitrogens is 1. The van der Waals surface area contributed by atoms with E-state index in [4.69, 9.17) is 4.74 Å². The third-order valence-corrected chi connectivity index (χ3v) is 3.76. The number of para-hydroxylation sites is 1. The lowest BCUT2D eigenvalue weighted by Crippen LogP contribution is -2.19. The first-order chi connectivity index (χ1) is 11.6. The van der Waals surface area contributed by atoms with Crippen molar-refractivity contribution in [3.63, 3.8) is 0 Å². The molecule has 3 rings (SSSR count). The Bertz CT molecular complexity index is 928. The van der Waals surface area contributed by atoms with Gasteiger partial charge in [-0.05, 0) is 31.2 Å². The van der Waals surface area contributed by atoms with Crippen molar-refractivity contribution >= 4 is 22.5 Å². The van der Waals surface area contributed by atoms with Crippen molar-refractivity contribution in [2.75, 3.05) is 7.11 Å². The molecule has 0 bridgehead atoms. The van der Waals surface area contributed by atoms with Crippen LogP contribution in [-0.4, -0.2) is 28.8 Å². The molecule has 0 spiro atoms. The van der Waals surface area contributed by atoms with Crippen LogP contribution in [0.15, 0.2) is 53.8 Å². The van der Waals surface area contributed by atoms with Crippen LogP contribution in [0.4, 0.5) is 0 Å². The number of methoxy groups -OCH3 is 1. The molecule has 2 aromatic carbocycles. The Morgan fingerprint density at radius 3 is 2.83 bits per heavy atom. The zero-order valence-corrected chi connectivity index (χ0v) is 13.3. The van der Waals surface area contributed by atoms with E-state index in [9.17, 15) is 9.90 Å². The van der Waals surface area contributed by atoms with E-state index >= 15 is 0 Å². The fourth-order valence-corrected chi connectivity index (χ4v) is 2.42. The molecule has 6 nitrogen and oxygen atoms in total. The molecular formula is C18H17N3O3. The van der Waals surface area contributed by atoms with Crippen molar-refractivity contribution in [3.05, 3.63) is 59.8 Å². The number of hydrogen-bond acceptors (Lipinski definition) is 4. The zero-order valence-electron chi connectivity index (χ0n) is 13.3. The minimum atomic E-state index is -0.294. The average Bonchev–Trinajstić information content (AvgIpc) is 3.04. The molecule has 0 saturated heterocycles. The van der Waals surface area contributed by atoms with E-state index in [1.807, 2.05) is 24.3 Å². The summed E-state index contributed by atoms with van der Waals surface area (Å²) >= 11 is 0. The number of fused-ring (bicyclic) bond motifs is 1. The number of rotatable bonds is 4. The van der Waals surface area contributed by atoms with Crippen molar-refractivity contribution in [2.24, 2.45) is 5.10 Å². The molecule has 0 fully saturated rings. The van der Waals surface area contributed by atoms with Crippen molar-refractivity contribution in [1.82, 2.24) is 10.4 Å². The normalized spacial score (nSPS) is 11.5. The van der Waals surface area contributed by atoms with Crippen molar-refractivity contribution in [1.29, 1.82) is 0 Å². The highest BCUT2D eigenvalue weighted by molar-refractivity contribution is 6.07. The standard InChI is InChI=1S/C18H17N3O3/c1-11(12-7-8-16(22)17(9-12)24-2)20-21-18(23)14-10-19-15-6-4-3-5-13(14)15/h3-10,19,22H,1-2H3,(H,21,23). The Labute approximate surface area is 138 Å². The number of nitrogens with zero attached hydrogens (tertiary/aromatic N) is 1. The number of nitrogens with one attached hydrogen (secondary N) is 2. The Morgan fingerprint density at radius 2 is 2.04 bits per heavy atom. The lowest BCUT2D eigenvalue weighted by atomic mass is 10.1. The van der Waals surface area contributed by atoms with Gasteiger partial charge in [-0.15, -0.1) is 0 Å². The van der Waals surface area contributed by atoms with Crippen LogP contribution in [0.5, 0.6) is 11.5 Å². The van der Waals surface area contributed by atoms with Gasteiger partial charge in [-0.1, -0.05) is 18.2 Å². The summed E-state index contributed by atoms with van der Waals surface area (Å²) in [6, 6.07) is 12.5. The van der Waals surface area contributed by atoms with Gasteiger partial charge in [-0.25, -0.2) is 5.43 Å². The quantitative estimate of drug-likeness (QED) is 0.509. The molecule has 6 heteroatoms. The first-order valence-electron chi connectivity index (χ1n) is 7.38. The van der Waals surface area contributed by atoms with Crippen LogP contribution in [0.2, 0.25) is 0 Å². The van der Waals surface area contributed by atoms with Crippen molar-refractivity contribution in [2.45, 2.75) is 6.92 Å². The summed E-state index contributed by atoms with van der Waals surface area (Å²) < 4.78 is 5.07. The third kappa shape index (κ3) is 2.94. The molecule has 0 aliphatic heterocycles. The maximum Gasteiger partial charge on any atom is 0.273 e. The second-order valence-corrected chi connectivity index (χ2v) is 5.27. The van der Waals surface area contributed by atoms with E-state index < -0.39 is 0 Å². The fraction of sp³-hybridized carbons (Fsp3) is 0.111. The number of phenols is 1. The number of benzene rings is 2. The number of aromatic amines is 1. The first-order valence-corrected chi connectivity index (χ1v) is 7.38. The smallest absolute Gasteiger partial charge is 0.273 e. The SMILES string of the molecule is COc1cc(C(C)=NNC(=O)c2c[nH]c3ccccc23)ccc1O. The number of H-pyrrole nitrogens is 1. The summed E-state index contributed by atoms with van der Waals surface area (Å²) in [6.07, 6.45) is 1.66. The third-order valence-electron chi connectivity index (χ3n) is 3.76. The molecule has 1 amide bonds. The number of aromatic hydroxyl groups is 1. The van der Waals surface area contributed by atoms with Gasteiger partial charge in [0.05, 0.1) is 18.4 Å². The van der Waals surface area contributed by atoms with Crippen molar-refractivity contribution < 1.29 is 14.6 Å². The Kier molecular flexibility index (Phi) is 4.20. The van der Waals surface area contributed by atoms with Gasteiger partial charge in [0.15, 0.2) is 11.5 Å². The predicted molar refractivity (Wildman–Crippen MR) is 92.6 cm³/mol. The van der Waals surface area contributed by atoms with Gasteiger partial charge in [-0.3, -0.25) is 4.79 Å². The Morgan fingerprint density at radius 1 is 1.25 bits per heavy atom. The summed E-state index contributed by atoms with van der Waals surface area (Å²) in [5, 5.41) is 14.6. The fourth-order valence-electron chi connectivity index (χ4n) is 2.42. The molecule has 0 unspecified atom stereocenters. The minimum Gasteiger partial charge on any atom is -0.504 e. The van der Waals surface area contributed by atoms with Crippen LogP contribution in [0, 0.1) is 0 Å². The number of phenolic OH excluding ortho intramolecular Hbond substituents is 1. The highest BCUT2D eigenvalue weighted by atomic mass is 16.5. The van der Waals surface area contributed by atoms with Gasteiger partial charge in [-0.2, -0.15) is 5.10 Å². The maximum absolute atomic E-state index is 12.3. The number of amides is 1. The molecule has 122 valence electrons. The summed E-state index contributed by atoms with van der Waals surface area (Å²) in [5.41, 5.74) is 5.32. The number of hydrazone groups is 1. The summed E-state index contributed by atoms with van der Waals surface area (Å²) in [4.78, 5) is 15.4. The van der Waals surface area contributed by atoms with Gasteiger partial charge in [0.1, 0.15) is 0 Å². The Balaban J connectivity index is 1.81. The van der Waals surface area contributed by atoms with Crippen LogP contribution in [0.1, 0.15) is 22.8 Å². The molecule has 24 heavy (non-hydrogen) atoms. The van der Waals surface area contributed by atoms with E-state index in [-0.39, 0.29) is 11.7 Å².